The normalized spacial score (nSPS) is 10.0. The van der Waals surface area contributed by atoms with Gasteiger partial charge in [0, 0.05) is 18.8 Å². The monoisotopic (exact) mass is 231 g/mol. The van der Waals surface area contributed by atoms with Crippen LogP contribution in [0.1, 0.15) is 10.6 Å². The van der Waals surface area contributed by atoms with Crippen molar-refractivity contribution in [2.24, 2.45) is 5.73 Å². The number of nitriles is 1. The van der Waals surface area contributed by atoms with Crippen molar-refractivity contribution in [2.45, 2.75) is 6.42 Å². The Hall–Kier alpha value is -1.84. The first kappa shape index (κ1) is 10.7. The first-order valence-electron chi connectivity index (χ1n) is 4.71. The summed E-state index contributed by atoms with van der Waals surface area (Å²) in [6.07, 6.45) is 5.45. The Kier molecular flexibility index (Phi) is 3.19. The van der Waals surface area contributed by atoms with Crippen LogP contribution in [0.25, 0.3) is 10.7 Å². The van der Waals surface area contributed by atoms with Crippen LogP contribution in [0.15, 0.2) is 18.6 Å². The van der Waals surface area contributed by atoms with Crippen molar-refractivity contribution in [3.05, 3.63) is 29.2 Å². The number of nitrogens with two attached hydrogens (primary N) is 1. The molecule has 0 unspecified atom stereocenters. The van der Waals surface area contributed by atoms with Gasteiger partial charge in [-0.3, -0.25) is 9.97 Å². The summed E-state index contributed by atoms with van der Waals surface area (Å²) >= 11 is 1.31. The molecule has 0 saturated carbocycles. The lowest BCUT2D eigenvalue weighted by molar-refractivity contribution is 0.911. The molecular weight excluding hydrogens is 222 g/mol. The third-order valence-electron chi connectivity index (χ3n) is 1.97. The smallest absolute Gasteiger partial charge is 0.144 e. The van der Waals surface area contributed by atoms with Gasteiger partial charge in [0.1, 0.15) is 21.6 Å². The highest BCUT2D eigenvalue weighted by molar-refractivity contribution is 7.15. The molecule has 2 heterocycles. The van der Waals surface area contributed by atoms with Crippen LogP contribution in [0, 0.1) is 11.3 Å². The van der Waals surface area contributed by atoms with E-state index >= 15 is 0 Å². The second-order valence-electron chi connectivity index (χ2n) is 3.03. The second kappa shape index (κ2) is 4.79. The Morgan fingerprint density at radius 3 is 2.81 bits per heavy atom. The number of hydrogen-bond donors (Lipinski definition) is 1. The molecule has 2 rings (SSSR count). The molecule has 0 amide bonds. The van der Waals surface area contributed by atoms with Gasteiger partial charge in [0.25, 0.3) is 0 Å². The van der Waals surface area contributed by atoms with Gasteiger partial charge in [0.15, 0.2) is 0 Å². The summed E-state index contributed by atoms with van der Waals surface area (Å²) in [7, 11) is 0. The summed E-state index contributed by atoms with van der Waals surface area (Å²) < 4.78 is 0. The highest BCUT2D eigenvalue weighted by Gasteiger charge is 2.11. The average Bonchev–Trinajstić information content (AvgIpc) is 2.79. The summed E-state index contributed by atoms with van der Waals surface area (Å²) in [5.41, 5.74) is 7.05. The molecule has 2 aromatic heterocycles. The topological polar surface area (TPSA) is 88.5 Å². The van der Waals surface area contributed by atoms with Gasteiger partial charge in [0.2, 0.25) is 0 Å². The summed E-state index contributed by atoms with van der Waals surface area (Å²) in [5, 5.41) is 9.45. The van der Waals surface area contributed by atoms with Crippen molar-refractivity contribution in [2.75, 3.05) is 6.54 Å². The van der Waals surface area contributed by atoms with Crippen LogP contribution in [0.4, 0.5) is 0 Å². The predicted octanol–water partition coefficient (Wildman–Crippen LogP) is 0.973. The zero-order valence-electron chi connectivity index (χ0n) is 8.42. The van der Waals surface area contributed by atoms with Gasteiger partial charge in [-0.1, -0.05) is 0 Å². The standard InChI is InChI=1S/C10H9N5S/c11-2-1-8-9(14-4-3-13-8)10-15-6-7(5-12)16-10/h3-4,6H,1-2,11H2. The fourth-order valence-corrected chi connectivity index (χ4v) is 2.03. The largest absolute Gasteiger partial charge is 0.330 e. The van der Waals surface area contributed by atoms with Crippen LogP contribution in [0.5, 0.6) is 0 Å². The molecule has 2 N–H and O–H groups in total. The molecule has 0 aromatic carbocycles. The SMILES string of the molecule is N#Cc1cnc(-c2nccnc2CCN)s1. The molecule has 0 aliphatic heterocycles. The minimum Gasteiger partial charge on any atom is -0.330 e. The molecule has 16 heavy (non-hydrogen) atoms. The highest BCUT2D eigenvalue weighted by Crippen LogP contribution is 2.24. The van der Waals surface area contributed by atoms with Gasteiger partial charge in [-0.05, 0) is 6.54 Å². The number of rotatable bonds is 3. The van der Waals surface area contributed by atoms with Crippen LogP contribution in [0.2, 0.25) is 0 Å². The van der Waals surface area contributed by atoms with E-state index in [1.165, 1.54) is 11.3 Å². The van der Waals surface area contributed by atoms with E-state index in [0.717, 1.165) is 11.4 Å². The van der Waals surface area contributed by atoms with Gasteiger partial charge in [-0.15, -0.1) is 11.3 Å². The first-order valence-corrected chi connectivity index (χ1v) is 5.53. The van der Waals surface area contributed by atoms with Gasteiger partial charge in [-0.25, -0.2) is 4.98 Å². The lowest BCUT2D eigenvalue weighted by Gasteiger charge is -2.02. The van der Waals surface area contributed by atoms with Crippen LogP contribution >= 0.6 is 11.3 Å². The molecular formula is C10H9N5S. The van der Waals surface area contributed by atoms with Gasteiger partial charge < -0.3 is 5.73 Å². The molecule has 6 heteroatoms. The molecule has 0 fully saturated rings. The summed E-state index contributed by atoms with van der Waals surface area (Å²) in [5.74, 6) is 0. The number of aromatic nitrogens is 3. The molecule has 0 aliphatic rings. The fourth-order valence-electron chi connectivity index (χ4n) is 1.30. The van der Waals surface area contributed by atoms with Gasteiger partial charge in [-0.2, -0.15) is 5.26 Å². The zero-order chi connectivity index (χ0) is 11.4. The molecule has 0 atom stereocenters. The van der Waals surface area contributed by atoms with Crippen molar-refractivity contribution in [3.63, 3.8) is 0 Å². The Balaban J connectivity index is 2.43. The van der Waals surface area contributed by atoms with E-state index in [1.54, 1.807) is 18.6 Å². The van der Waals surface area contributed by atoms with Crippen molar-refractivity contribution in [1.29, 1.82) is 5.26 Å². The maximum absolute atomic E-state index is 8.73. The number of hydrogen-bond acceptors (Lipinski definition) is 6. The van der Waals surface area contributed by atoms with E-state index in [-0.39, 0.29) is 0 Å². The van der Waals surface area contributed by atoms with E-state index in [9.17, 15) is 0 Å². The van der Waals surface area contributed by atoms with E-state index in [4.69, 9.17) is 11.0 Å². The highest BCUT2D eigenvalue weighted by atomic mass is 32.1. The Morgan fingerprint density at radius 1 is 1.31 bits per heavy atom. The first-order chi connectivity index (χ1) is 7.85. The number of nitrogens with zero attached hydrogens (tertiary/aromatic N) is 4. The lowest BCUT2D eigenvalue weighted by atomic mass is 10.2. The van der Waals surface area contributed by atoms with Crippen LogP contribution in [-0.4, -0.2) is 21.5 Å². The number of thiazole rings is 1. The second-order valence-corrected chi connectivity index (χ2v) is 4.06. The Bertz CT molecular complexity index is 528. The van der Waals surface area contributed by atoms with Crippen molar-refractivity contribution in [1.82, 2.24) is 15.0 Å². The molecule has 2 aromatic rings. The molecule has 80 valence electrons. The van der Waals surface area contributed by atoms with E-state index < -0.39 is 0 Å². The lowest BCUT2D eigenvalue weighted by Crippen LogP contribution is -2.06. The molecule has 0 spiro atoms. The van der Waals surface area contributed by atoms with Crippen LogP contribution in [-0.2, 0) is 6.42 Å². The Labute approximate surface area is 96.6 Å². The minimum atomic E-state index is 0.516. The van der Waals surface area contributed by atoms with Crippen LogP contribution < -0.4 is 5.73 Å². The fraction of sp³-hybridized carbons (Fsp3) is 0.200. The van der Waals surface area contributed by atoms with Crippen molar-refractivity contribution >= 4 is 11.3 Å². The minimum absolute atomic E-state index is 0.516. The Morgan fingerprint density at radius 2 is 2.12 bits per heavy atom. The molecule has 0 saturated heterocycles. The van der Waals surface area contributed by atoms with Gasteiger partial charge in [0.05, 0.1) is 11.9 Å². The average molecular weight is 231 g/mol. The maximum Gasteiger partial charge on any atom is 0.144 e. The van der Waals surface area contributed by atoms with E-state index in [2.05, 4.69) is 21.0 Å². The third-order valence-corrected chi connectivity index (χ3v) is 2.88. The van der Waals surface area contributed by atoms with E-state index in [1.807, 2.05) is 0 Å². The summed E-state index contributed by atoms with van der Waals surface area (Å²) in [6.45, 7) is 0.516. The van der Waals surface area contributed by atoms with Crippen molar-refractivity contribution < 1.29 is 0 Å². The summed E-state index contributed by atoms with van der Waals surface area (Å²) in [6, 6.07) is 2.05. The van der Waals surface area contributed by atoms with E-state index in [0.29, 0.717) is 22.9 Å². The molecule has 0 aliphatic carbocycles. The maximum atomic E-state index is 8.73. The quantitative estimate of drug-likeness (QED) is 0.850. The molecule has 0 radical (unpaired) electrons. The molecule has 0 bridgehead atoms. The van der Waals surface area contributed by atoms with Crippen LogP contribution in [0.3, 0.4) is 0 Å². The summed E-state index contributed by atoms with van der Waals surface area (Å²) in [4.78, 5) is 13.2. The van der Waals surface area contributed by atoms with Crippen molar-refractivity contribution in [3.8, 4) is 16.8 Å². The molecule has 5 nitrogen and oxygen atoms in total. The predicted molar refractivity (Wildman–Crippen MR) is 60.6 cm³/mol. The third kappa shape index (κ3) is 2.05. The van der Waals surface area contributed by atoms with Gasteiger partial charge >= 0.3 is 0 Å². The zero-order valence-corrected chi connectivity index (χ0v) is 9.24.